The van der Waals surface area contributed by atoms with Crippen LogP contribution in [0.1, 0.15) is 33.6 Å². The number of nitrogens with zero attached hydrogens (tertiary/aromatic N) is 1. The molecule has 0 aliphatic carbocycles. The monoisotopic (exact) mass is 247 g/mol. The summed E-state index contributed by atoms with van der Waals surface area (Å²) in [7, 11) is 0. The predicted octanol–water partition coefficient (Wildman–Crippen LogP) is 3.49. The molecular formula is C17H13NO. The second kappa shape index (κ2) is 3.82. The van der Waals surface area contributed by atoms with E-state index in [0.29, 0.717) is 0 Å². The van der Waals surface area contributed by atoms with Gasteiger partial charge in [-0.3, -0.25) is 4.79 Å². The van der Waals surface area contributed by atoms with Crippen molar-refractivity contribution in [3.8, 4) is 0 Å². The first-order valence-corrected chi connectivity index (χ1v) is 6.51. The highest BCUT2D eigenvalue weighted by molar-refractivity contribution is 5.96. The first-order valence-electron chi connectivity index (χ1n) is 6.51. The Labute approximate surface area is 112 Å². The Balaban J connectivity index is 1.75. The summed E-state index contributed by atoms with van der Waals surface area (Å²) in [4.78, 5) is 14.6. The van der Waals surface area contributed by atoms with Crippen molar-refractivity contribution in [1.29, 1.82) is 0 Å². The van der Waals surface area contributed by atoms with Crippen LogP contribution in [0.2, 0.25) is 0 Å². The summed E-state index contributed by atoms with van der Waals surface area (Å²) in [6.45, 7) is 0. The van der Waals surface area contributed by atoms with Gasteiger partial charge in [0.2, 0.25) is 0 Å². The maximum atomic E-state index is 12.7. The first-order chi connectivity index (χ1) is 9.36. The van der Waals surface area contributed by atoms with Crippen molar-refractivity contribution in [2.24, 2.45) is 0 Å². The summed E-state index contributed by atoms with van der Waals surface area (Å²) in [6, 6.07) is 18.0. The van der Waals surface area contributed by atoms with Crippen LogP contribution in [0, 0.1) is 0 Å². The summed E-state index contributed by atoms with van der Waals surface area (Å²) in [5.74, 6) is 0.108. The van der Waals surface area contributed by atoms with Crippen LogP contribution in [0.25, 0.3) is 0 Å². The van der Waals surface area contributed by atoms with Gasteiger partial charge in [-0.15, -0.1) is 0 Å². The molecule has 2 nitrogen and oxygen atoms in total. The van der Waals surface area contributed by atoms with Gasteiger partial charge >= 0.3 is 0 Å². The van der Waals surface area contributed by atoms with Crippen molar-refractivity contribution in [1.82, 2.24) is 4.90 Å². The lowest BCUT2D eigenvalue weighted by Gasteiger charge is -2.22. The lowest BCUT2D eigenvalue weighted by molar-refractivity contribution is 0.0713. The SMILES string of the molecule is O=C(c1ccccc1)N1C2C=CC1c1ccccc12. The van der Waals surface area contributed by atoms with Crippen LogP contribution in [-0.4, -0.2) is 10.8 Å². The van der Waals surface area contributed by atoms with Gasteiger partial charge in [0.15, 0.2) is 0 Å². The third kappa shape index (κ3) is 1.40. The van der Waals surface area contributed by atoms with E-state index in [4.69, 9.17) is 0 Å². The molecule has 2 aromatic carbocycles. The van der Waals surface area contributed by atoms with Crippen molar-refractivity contribution in [3.63, 3.8) is 0 Å². The van der Waals surface area contributed by atoms with Gasteiger partial charge < -0.3 is 4.90 Å². The van der Waals surface area contributed by atoms with Gasteiger partial charge in [0.1, 0.15) is 0 Å². The molecule has 2 aliphatic rings. The largest absolute Gasteiger partial charge is 0.318 e. The number of carbonyl (C=O) groups excluding carboxylic acids is 1. The molecule has 0 N–H and O–H groups in total. The molecule has 0 spiro atoms. The van der Waals surface area contributed by atoms with E-state index in [0.717, 1.165) is 5.56 Å². The second-order valence-corrected chi connectivity index (χ2v) is 4.98. The van der Waals surface area contributed by atoms with E-state index in [2.05, 4.69) is 24.3 Å². The minimum Gasteiger partial charge on any atom is -0.318 e. The molecular weight excluding hydrogens is 234 g/mol. The van der Waals surface area contributed by atoms with Crippen LogP contribution < -0.4 is 0 Å². The van der Waals surface area contributed by atoms with E-state index >= 15 is 0 Å². The average molecular weight is 247 g/mol. The van der Waals surface area contributed by atoms with Crippen molar-refractivity contribution >= 4 is 5.91 Å². The van der Waals surface area contributed by atoms with Gasteiger partial charge in [0.25, 0.3) is 5.91 Å². The Morgan fingerprint density at radius 3 is 1.89 bits per heavy atom. The smallest absolute Gasteiger partial charge is 0.255 e. The van der Waals surface area contributed by atoms with Crippen LogP contribution in [0.15, 0.2) is 66.7 Å². The maximum Gasteiger partial charge on any atom is 0.255 e. The van der Waals surface area contributed by atoms with E-state index in [9.17, 15) is 4.79 Å². The number of hydrogen-bond acceptors (Lipinski definition) is 1. The van der Waals surface area contributed by atoms with Gasteiger partial charge in [0.05, 0.1) is 12.1 Å². The lowest BCUT2D eigenvalue weighted by Crippen LogP contribution is -2.28. The zero-order valence-electron chi connectivity index (χ0n) is 10.4. The highest BCUT2D eigenvalue weighted by atomic mass is 16.2. The summed E-state index contributed by atoms with van der Waals surface area (Å²) in [5, 5.41) is 0. The highest BCUT2D eigenvalue weighted by Crippen LogP contribution is 2.48. The summed E-state index contributed by atoms with van der Waals surface area (Å²) in [6.07, 6.45) is 4.27. The number of carbonyl (C=O) groups is 1. The third-order valence-corrected chi connectivity index (χ3v) is 3.96. The molecule has 2 atom stereocenters. The fourth-order valence-electron chi connectivity index (χ4n) is 3.11. The highest BCUT2D eigenvalue weighted by Gasteiger charge is 2.42. The zero-order valence-corrected chi connectivity index (χ0v) is 10.4. The quantitative estimate of drug-likeness (QED) is 0.706. The Hall–Kier alpha value is -2.35. The zero-order chi connectivity index (χ0) is 12.8. The molecule has 2 heteroatoms. The van der Waals surface area contributed by atoms with E-state index < -0.39 is 0 Å². The molecule has 0 aromatic heterocycles. The first kappa shape index (κ1) is 10.6. The minimum absolute atomic E-state index is 0.105. The Bertz CT molecular complexity index is 642. The molecule has 19 heavy (non-hydrogen) atoms. The molecule has 92 valence electrons. The predicted molar refractivity (Wildman–Crippen MR) is 73.7 cm³/mol. The average Bonchev–Trinajstić information content (AvgIpc) is 3.04. The van der Waals surface area contributed by atoms with Gasteiger partial charge in [-0.1, -0.05) is 54.6 Å². The molecule has 2 bridgehead atoms. The summed E-state index contributed by atoms with van der Waals surface area (Å²) in [5.41, 5.74) is 3.28. The molecule has 1 amide bonds. The van der Waals surface area contributed by atoms with Crippen LogP contribution in [-0.2, 0) is 0 Å². The van der Waals surface area contributed by atoms with Crippen molar-refractivity contribution in [2.45, 2.75) is 12.1 Å². The van der Waals surface area contributed by atoms with Crippen LogP contribution in [0.4, 0.5) is 0 Å². The van der Waals surface area contributed by atoms with E-state index in [-0.39, 0.29) is 18.0 Å². The fraction of sp³-hybridized carbons (Fsp3) is 0.118. The lowest BCUT2D eigenvalue weighted by atomic mass is 9.97. The maximum absolute atomic E-state index is 12.7. The second-order valence-electron chi connectivity index (χ2n) is 4.98. The molecule has 0 saturated carbocycles. The molecule has 0 radical (unpaired) electrons. The van der Waals surface area contributed by atoms with Crippen molar-refractivity contribution in [2.75, 3.05) is 0 Å². The molecule has 2 aromatic rings. The van der Waals surface area contributed by atoms with E-state index in [1.807, 2.05) is 47.4 Å². The molecule has 2 aliphatic heterocycles. The fourth-order valence-corrected chi connectivity index (χ4v) is 3.11. The van der Waals surface area contributed by atoms with Crippen molar-refractivity contribution in [3.05, 3.63) is 83.4 Å². The normalized spacial score (nSPS) is 22.6. The Morgan fingerprint density at radius 2 is 1.32 bits per heavy atom. The van der Waals surface area contributed by atoms with Crippen LogP contribution in [0.3, 0.4) is 0 Å². The van der Waals surface area contributed by atoms with E-state index in [1.165, 1.54) is 11.1 Å². The van der Waals surface area contributed by atoms with Crippen LogP contribution >= 0.6 is 0 Å². The minimum atomic E-state index is 0.105. The molecule has 0 saturated heterocycles. The Kier molecular flexibility index (Phi) is 2.12. The third-order valence-electron chi connectivity index (χ3n) is 3.96. The van der Waals surface area contributed by atoms with Gasteiger partial charge in [-0.25, -0.2) is 0 Å². The van der Waals surface area contributed by atoms with Gasteiger partial charge in [0, 0.05) is 5.56 Å². The summed E-state index contributed by atoms with van der Waals surface area (Å²) < 4.78 is 0. The standard InChI is InChI=1S/C17H13NO/c19-17(12-6-2-1-3-7-12)18-15-10-11-16(18)14-9-5-4-8-13(14)15/h1-11,15-16H. The van der Waals surface area contributed by atoms with Gasteiger partial charge in [-0.2, -0.15) is 0 Å². The topological polar surface area (TPSA) is 20.3 Å². The molecule has 0 fully saturated rings. The number of amides is 1. The molecule has 2 unspecified atom stereocenters. The van der Waals surface area contributed by atoms with Crippen LogP contribution in [0.5, 0.6) is 0 Å². The molecule has 4 rings (SSSR count). The van der Waals surface area contributed by atoms with Gasteiger partial charge in [-0.05, 0) is 23.3 Å². The number of hydrogen-bond donors (Lipinski definition) is 0. The summed E-state index contributed by atoms with van der Waals surface area (Å²) >= 11 is 0. The molecule has 2 heterocycles. The van der Waals surface area contributed by atoms with E-state index in [1.54, 1.807) is 0 Å². The Morgan fingerprint density at radius 1 is 0.789 bits per heavy atom. The number of benzene rings is 2. The number of fused-ring (bicyclic) bond motifs is 5. The number of rotatable bonds is 1. The van der Waals surface area contributed by atoms with Crippen molar-refractivity contribution < 1.29 is 4.79 Å².